The summed E-state index contributed by atoms with van der Waals surface area (Å²) in [6.07, 6.45) is 1.77. The highest BCUT2D eigenvalue weighted by molar-refractivity contribution is 6.16. The molecule has 0 spiro atoms. The molecule has 4 nitrogen and oxygen atoms in total. The van der Waals surface area contributed by atoms with Crippen molar-refractivity contribution in [2.24, 2.45) is 0 Å². The molecule has 0 unspecified atom stereocenters. The van der Waals surface area contributed by atoms with Crippen molar-refractivity contribution in [3.8, 4) is 0 Å². The summed E-state index contributed by atoms with van der Waals surface area (Å²) in [4.78, 5) is 12.1. The second-order valence-electron chi connectivity index (χ2n) is 4.29. The molecule has 0 bridgehead atoms. The number of pyridine rings is 2. The fourth-order valence-electron chi connectivity index (χ4n) is 2.42. The van der Waals surface area contributed by atoms with Gasteiger partial charge in [-0.25, -0.2) is 9.97 Å². The van der Waals surface area contributed by atoms with Gasteiger partial charge in [-0.05, 0) is 12.1 Å². The highest BCUT2D eigenvalue weighted by Crippen LogP contribution is 2.31. The number of hydrogen-bond acceptors (Lipinski definition) is 3. The Morgan fingerprint density at radius 1 is 0.944 bits per heavy atom. The molecule has 3 N–H and O–H groups in total. The van der Waals surface area contributed by atoms with E-state index in [-0.39, 0.29) is 0 Å². The Morgan fingerprint density at radius 3 is 2.61 bits per heavy atom. The van der Waals surface area contributed by atoms with Crippen LogP contribution in [0.1, 0.15) is 0 Å². The second-order valence-corrected chi connectivity index (χ2v) is 4.29. The van der Waals surface area contributed by atoms with Gasteiger partial charge in [-0.2, -0.15) is 0 Å². The zero-order valence-electron chi connectivity index (χ0n) is 9.51. The quantitative estimate of drug-likeness (QED) is 0.491. The van der Waals surface area contributed by atoms with Crippen molar-refractivity contribution < 1.29 is 0 Å². The average molecular weight is 234 g/mol. The highest BCUT2D eigenvalue weighted by Gasteiger charge is 2.11. The number of benzene rings is 1. The van der Waals surface area contributed by atoms with Crippen LogP contribution in [0.15, 0.2) is 42.6 Å². The lowest BCUT2D eigenvalue weighted by atomic mass is 10.1. The molecular formula is C14H10N4. The number of rotatable bonds is 0. The van der Waals surface area contributed by atoms with Crippen LogP contribution in [0.25, 0.3) is 32.8 Å². The van der Waals surface area contributed by atoms with Gasteiger partial charge < -0.3 is 10.7 Å². The van der Waals surface area contributed by atoms with Gasteiger partial charge in [0.15, 0.2) is 0 Å². The molecule has 0 fully saturated rings. The molecule has 4 rings (SSSR count). The standard InChI is InChI=1S/C14H10N4/c15-13-9-5-2-1-4-8(9)11-12(17-13)10-6-3-7-16-14(10)18-11/h1-7H,(H2,15,17)(H,16,18). The van der Waals surface area contributed by atoms with E-state index in [2.05, 4.69) is 15.0 Å². The fourth-order valence-corrected chi connectivity index (χ4v) is 2.42. The maximum Gasteiger partial charge on any atom is 0.139 e. The molecule has 4 aromatic rings. The van der Waals surface area contributed by atoms with Crippen LogP contribution in [0, 0.1) is 0 Å². The summed E-state index contributed by atoms with van der Waals surface area (Å²) >= 11 is 0. The lowest BCUT2D eigenvalue weighted by Crippen LogP contribution is -1.92. The first-order chi connectivity index (χ1) is 8.84. The van der Waals surface area contributed by atoms with Gasteiger partial charge in [-0.3, -0.25) is 0 Å². The minimum absolute atomic E-state index is 0.558. The van der Waals surface area contributed by atoms with E-state index in [0.717, 1.165) is 32.8 Å². The van der Waals surface area contributed by atoms with Crippen molar-refractivity contribution in [3.63, 3.8) is 0 Å². The summed E-state index contributed by atoms with van der Waals surface area (Å²) in [5.41, 5.74) is 8.75. The lowest BCUT2D eigenvalue weighted by Gasteiger charge is -2.02. The van der Waals surface area contributed by atoms with Crippen molar-refractivity contribution in [2.75, 3.05) is 5.73 Å². The van der Waals surface area contributed by atoms with Gasteiger partial charge in [0.05, 0.1) is 5.52 Å². The zero-order chi connectivity index (χ0) is 12.1. The lowest BCUT2D eigenvalue weighted by molar-refractivity contribution is 1.35. The first kappa shape index (κ1) is 9.41. The fraction of sp³-hybridized carbons (Fsp3) is 0. The van der Waals surface area contributed by atoms with Crippen LogP contribution in [0.4, 0.5) is 5.82 Å². The highest BCUT2D eigenvalue weighted by atomic mass is 14.9. The number of aromatic amines is 1. The van der Waals surface area contributed by atoms with E-state index in [9.17, 15) is 0 Å². The Hall–Kier alpha value is -2.62. The van der Waals surface area contributed by atoms with Gasteiger partial charge in [0.1, 0.15) is 17.0 Å². The number of nitrogens with zero attached hydrogens (tertiary/aromatic N) is 2. The number of fused-ring (bicyclic) bond motifs is 5. The Labute approximate surface area is 102 Å². The summed E-state index contributed by atoms with van der Waals surface area (Å²) in [5.74, 6) is 0.558. The molecule has 4 heteroatoms. The molecule has 3 aromatic heterocycles. The Balaban J connectivity index is 2.36. The van der Waals surface area contributed by atoms with E-state index in [0.29, 0.717) is 5.82 Å². The van der Waals surface area contributed by atoms with Crippen molar-refractivity contribution in [3.05, 3.63) is 42.6 Å². The molecule has 0 saturated carbocycles. The second kappa shape index (κ2) is 3.20. The van der Waals surface area contributed by atoms with E-state index < -0.39 is 0 Å². The minimum atomic E-state index is 0.558. The van der Waals surface area contributed by atoms with Gasteiger partial charge >= 0.3 is 0 Å². The summed E-state index contributed by atoms with van der Waals surface area (Å²) in [6.45, 7) is 0. The van der Waals surface area contributed by atoms with Crippen LogP contribution in [-0.4, -0.2) is 15.0 Å². The number of nitrogens with one attached hydrogen (secondary N) is 1. The Morgan fingerprint density at radius 2 is 1.72 bits per heavy atom. The van der Waals surface area contributed by atoms with E-state index in [1.54, 1.807) is 6.20 Å². The predicted molar refractivity (Wildman–Crippen MR) is 73.3 cm³/mol. The molecule has 0 radical (unpaired) electrons. The Bertz CT molecular complexity index is 892. The van der Waals surface area contributed by atoms with Gasteiger partial charge in [0.2, 0.25) is 0 Å². The van der Waals surface area contributed by atoms with Crippen molar-refractivity contribution >= 4 is 38.7 Å². The molecule has 0 amide bonds. The summed E-state index contributed by atoms with van der Waals surface area (Å²) < 4.78 is 0. The van der Waals surface area contributed by atoms with Crippen LogP contribution < -0.4 is 5.73 Å². The average Bonchev–Trinajstić information content (AvgIpc) is 2.78. The van der Waals surface area contributed by atoms with E-state index in [1.807, 2.05) is 36.4 Å². The number of hydrogen-bond donors (Lipinski definition) is 2. The first-order valence-electron chi connectivity index (χ1n) is 5.75. The molecule has 0 atom stereocenters. The number of aromatic nitrogens is 3. The third-order valence-electron chi connectivity index (χ3n) is 3.25. The largest absolute Gasteiger partial charge is 0.383 e. The van der Waals surface area contributed by atoms with Gasteiger partial charge in [-0.15, -0.1) is 0 Å². The zero-order valence-corrected chi connectivity index (χ0v) is 9.51. The van der Waals surface area contributed by atoms with Crippen LogP contribution in [0.2, 0.25) is 0 Å². The van der Waals surface area contributed by atoms with Gasteiger partial charge in [0.25, 0.3) is 0 Å². The predicted octanol–water partition coefficient (Wildman–Crippen LogP) is 2.85. The molecule has 86 valence electrons. The monoisotopic (exact) mass is 234 g/mol. The Kier molecular flexibility index (Phi) is 1.67. The van der Waals surface area contributed by atoms with Crippen LogP contribution >= 0.6 is 0 Å². The topological polar surface area (TPSA) is 67.6 Å². The van der Waals surface area contributed by atoms with Gasteiger partial charge in [-0.1, -0.05) is 24.3 Å². The molecule has 18 heavy (non-hydrogen) atoms. The molecule has 3 heterocycles. The normalized spacial score (nSPS) is 11.6. The van der Waals surface area contributed by atoms with E-state index in [4.69, 9.17) is 5.73 Å². The van der Waals surface area contributed by atoms with E-state index >= 15 is 0 Å². The maximum atomic E-state index is 6.03. The molecule has 0 aliphatic rings. The first-order valence-corrected chi connectivity index (χ1v) is 5.75. The smallest absolute Gasteiger partial charge is 0.139 e. The summed E-state index contributed by atoms with van der Waals surface area (Å²) in [6, 6.07) is 11.9. The third kappa shape index (κ3) is 1.09. The van der Waals surface area contributed by atoms with Crippen molar-refractivity contribution in [1.82, 2.24) is 15.0 Å². The number of nitrogens with two attached hydrogens (primary N) is 1. The third-order valence-corrected chi connectivity index (χ3v) is 3.25. The number of anilines is 1. The molecule has 0 aliphatic carbocycles. The van der Waals surface area contributed by atoms with Crippen molar-refractivity contribution in [1.29, 1.82) is 0 Å². The molecule has 0 saturated heterocycles. The van der Waals surface area contributed by atoms with Gasteiger partial charge in [0, 0.05) is 22.4 Å². The van der Waals surface area contributed by atoms with E-state index in [1.165, 1.54) is 0 Å². The molecule has 0 aliphatic heterocycles. The summed E-state index contributed by atoms with van der Waals surface area (Å²) in [5, 5.41) is 3.06. The number of H-pyrrole nitrogens is 1. The number of nitrogen functional groups attached to an aromatic ring is 1. The van der Waals surface area contributed by atoms with Crippen LogP contribution in [-0.2, 0) is 0 Å². The molecule has 1 aromatic carbocycles. The summed E-state index contributed by atoms with van der Waals surface area (Å²) in [7, 11) is 0. The maximum absolute atomic E-state index is 6.03. The van der Waals surface area contributed by atoms with Crippen LogP contribution in [0.3, 0.4) is 0 Å². The van der Waals surface area contributed by atoms with Crippen molar-refractivity contribution in [2.45, 2.75) is 0 Å². The molecular weight excluding hydrogens is 224 g/mol. The SMILES string of the molecule is Nc1nc2c3cccnc3[nH]c2c2ccccc12. The van der Waals surface area contributed by atoms with Crippen LogP contribution in [0.5, 0.6) is 0 Å². The minimum Gasteiger partial charge on any atom is -0.383 e.